The molecule has 156 valence electrons. The van der Waals surface area contributed by atoms with Crippen LogP contribution in [0.25, 0.3) is 0 Å². The zero-order valence-corrected chi connectivity index (χ0v) is 17.8. The first-order valence-electron chi connectivity index (χ1n) is 10.7. The summed E-state index contributed by atoms with van der Waals surface area (Å²) in [6.45, 7) is 2.09. The van der Waals surface area contributed by atoms with Crippen LogP contribution in [0.5, 0.6) is 5.75 Å². The van der Waals surface area contributed by atoms with Crippen LogP contribution in [-0.2, 0) is 4.79 Å². The van der Waals surface area contributed by atoms with Crippen molar-refractivity contribution in [1.29, 1.82) is 0 Å². The maximum absolute atomic E-state index is 13.6. The Hall–Kier alpha value is -3.53. The van der Waals surface area contributed by atoms with E-state index in [1.54, 1.807) is 7.11 Å². The van der Waals surface area contributed by atoms with E-state index >= 15 is 0 Å². The third-order valence-corrected chi connectivity index (χ3v) is 6.28. The molecule has 1 aliphatic heterocycles. The average Bonchev–Trinajstić information content (AvgIpc) is 2.96. The van der Waals surface area contributed by atoms with Gasteiger partial charge in [-0.3, -0.25) is 4.79 Å². The molecule has 2 N–H and O–H groups in total. The number of allylic oxidation sites excluding steroid dienone is 1. The Labute approximate surface area is 183 Å². The van der Waals surface area contributed by atoms with Crippen LogP contribution in [0.4, 0.5) is 11.4 Å². The van der Waals surface area contributed by atoms with Crippen molar-refractivity contribution in [2.75, 3.05) is 17.7 Å². The van der Waals surface area contributed by atoms with Crippen LogP contribution < -0.4 is 15.4 Å². The maximum Gasteiger partial charge on any atom is 0.163 e. The Morgan fingerprint density at radius 3 is 2.42 bits per heavy atom. The van der Waals surface area contributed by atoms with Crippen molar-refractivity contribution in [2.24, 2.45) is 0 Å². The minimum Gasteiger partial charge on any atom is -0.497 e. The monoisotopic (exact) mass is 410 g/mol. The smallest absolute Gasteiger partial charge is 0.163 e. The van der Waals surface area contributed by atoms with E-state index in [-0.39, 0.29) is 17.7 Å². The van der Waals surface area contributed by atoms with Crippen LogP contribution in [0.2, 0.25) is 0 Å². The van der Waals surface area contributed by atoms with Gasteiger partial charge in [-0.2, -0.15) is 0 Å². The molecule has 0 spiro atoms. The Morgan fingerprint density at radius 2 is 1.65 bits per heavy atom. The van der Waals surface area contributed by atoms with Gasteiger partial charge in [0.2, 0.25) is 0 Å². The predicted octanol–water partition coefficient (Wildman–Crippen LogP) is 5.98. The summed E-state index contributed by atoms with van der Waals surface area (Å²) in [7, 11) is 1.67. The van der Waals surface area contributed by atoms with Gasteiger partial charge in [-0.25, -0.2) is 0 Å². The number of carbonyl (C=O) groups is 1. The maximum atomic E-state index is 13.6. The number of anilines is 2. The minimum atomic E-state index is -0.229. The molecule has 5 rings (SSSR count). The Bertz CT molecular complexity index is 1160. The van der Waals surface area contributed by atoms with Crippen LogP contribution in [0, 0.1) is 6.92 Å². The summed E-state index contributed by atoms with van der Waals surface area (Å²) in [5.41, 5.74) is 7.29. The number of methoxy groups -OCH3 is 1. The first kappa shape index (κ1) is 19.4. The van der Waals surface area contributed by atoms with Gasteiger partial charge < -0.3 is 15.4 Å². The normalized spacial score (nSPS) is 20.1. The lowest BCUT2D eigenvalue weighted by Gasteiger charge is -2.30. The SMILES string of the molecule is COc1cccc([C@@H]2Nc3ccccc3NC3=C2C(=O)C[C@H](c2ccc(C)cc2)C3)c1. The molecule has 0 unspecified atom stereocenters. The fourth-order valence-corrected chi connectivity index (χ4v) is 4.64. The lowest BCUT2D eigenvalue weighted by atomic mass is 9.78. The largest absolute Gasteiger partial charge is 0.497 e. The number of nitrogens with one attached hydrogen (secondary N) is 2. The molecule has 1 aliphatic carbocycles. The van der Waals surface area contributed by atoms with Gasteiger partial charge in [0.15, 0.2) is 5.78 Å². The average molecular weight is 411 g/mol. The van der Waals surface area contributed by atoms with E-state index in [0.29, 0.717) is 6.42 Å². The van der Waals surface area contributed by atoms with Crippen LogP contribution in [0.15, 0.2) is 84.1 Å². The van der Waals surface area contributed by atoms with E-state index in [2.05, 4.69) is 60.0 Å². The molecule has 4 heteroatoms. The standard InChI is InChI=1S/C27H26N2O2/c1-17-10-12-18(13-11-17)20-15-24-26(25(30)16-20)27(19-6-5-7-21(14-19)31-2)29-23-9-4-3-8-22(23)28-24/h3-14,20,27-29H,15-16H2,1-2H3/t20-,27+/m1/s1. The molecule has 31 heavy (non-hydrogen) atoms. The van der Waals surface area contributed by atoms with Gasteiger partial charge in [-0.15, -0.1) is 0 Å². The molecule has 0 saturated heterocycles. The van der Waals surface area contributed by atoms with Gasteiger partial charge in [-0.05, 0) is 54.7 Å². The van der Waals surface area contributed by atoms with Gasteiger partial charge in [0.25, 0.3) is 0 Å². The first-order chi connectivity index (χ1) is 15.1. The van der Waals surface area contributed by atoms with Gasteiger partial charge in [0.05, 0.1) is 24.5 Å². The van der Waals surface area contributed by atoms with E-state index in [9.17, 15) is 4.79 Å². The number of ether oxygens (including phenoxy) is 1. The van der Waals surface area contributed by atoms with Gasteiger partial charge in [0, 0.05) is 17.7 Å². The molecule has 0 fully saturated rings. The fourth-order valence-electron chi connectivity index (χ4n) is 4.64. The summed E-state index contributed by atoms with van der Waals surface area (Å²) in [6, 6.07) is 24.4. The topological polar surface area (TPSA) is 50.4 Å². The van der Waals surface area contributed by atoms with Crippen molar-refractivity contribution < 1.29 is 9.53 Å². The number of hydrogen-bond donors (Lipinski definition) is 2. The minimum absolute atomic E-state index is 0.176. The van der Waals surface area contributed by atoms with Crippen LogP contribution in [0.1, 0.15) is 41.5 Å². The number of para-hydroxylation sites is 2. The molecular weight excluding hydrogens is 384 g/mol. The second-order valence-electron chi connectivity index (χ2n) is 8.36. The second-order valence-corrected chi connectivity index (χ2v) is 8.36. The summed E-state index contributed by atoms with van der Waals surface area (Å²) in [5, 5.41) is 7.22. The van der Waals surface area contributed by atoms with Gasteiger partial charge in [0.1, 0.15) is 5.75 Å². The van der Waals surface area contributed by atoms with Crippen LogP contribution in [-0.4, -0.2) is 12.9 Å². The number of aryl methyl sites for hydroxylation is 1. The summed E-state index contributed by atoms with van der Waals surface area (Å²) in [5.74, 6) is 1.15. The summed E-state index contributed by atoms with van der Waals surface area (Å²) in [6.07, 6.45) is 1.32. The lowest BCUT2D eigenvalue weighted by Crippen LogP contribution is -2.26. The Balaban J connectivity index is 1.60. The number of fused-ring (bicyclic) bond motifs is 1. The third kappa shape index (κ3) is 3.70. The van der Waals surface area contributed by atoms with E-state index in [1.807, 2.05) is 30.3 Å². The summed E-state index contributed by atoms with van der Waals surface area (Å²) < 4.78 is 5.45. The lowest BCUT2D eigenvalue weighted by molar-refractivity contribution is -0.116. The van der Waals surface area contributed by atoms with E-state index in [4.69, 9.17) is 4.74 Å². The molecule has 0 radical (unpaired) electrons. The highest BCUT2D eigenvalue weighted by Crippen LogP contribution is 2.44. The first-order valence-corrected chi connectivity index (χ1v) is 10.7. The number of rotatable bonds is 3. The molecular formula is C27H26N2O2. The van der Waals surface area contributed by atoms with E-state index in [1.165, 1.54) is 11.1 Å². The molecule has 1 heterocycles. The molecule has 2 aliphatic rings. The molecule has 0 aromatic heterocycles. The number of hydrogen-bond acceptors (Lipinski definition) is 4. The fraction of sp³-hybridized carbons (Fsp3) is 0.222. The highest BCUT2D eigenvalue weighted by Gasteiger charge is 2.36. The van der Waals surface area contributed by atoms with Crippen LogP contribution in [0.3, 0.4) is 0 Å². The molecule has 4 nitrogen and oxygen atoms in total. The number of carbonyl (C=O) groups excluding carboxylic acids is 1. The highest BCUT2D eigenvalue weighted by atomic mass is 16.5. The van der Waals surface area contributed by atoms with Crippen molar-refractivity contribution in [1.82, 2.24) is 0 Å². The third-order valence-electron chi connectivity index (χ3n) is 6.28. The van der Waals surface area contributed by atoms with Crippen molar-refractivity contribution in [3.05, 3.63) is 101 Å². The summed E-state index contributed by atoms with van der Waals surface area (Å²) >= 11 is 0. The zero-order valence-electron chi connectivity index (χ0n) is 17.8. The van der Waals surface area contributed by atoms with E-state index < -0.39 is 0 Å². The van der Waals surface area contributed by atoms with Crippen molar-refractivity contribution in [2.45, 2.75) is 31.7 Å². The van der Waals surface area contributed by atoms with Crippen molar-refractivity contribution >= 4 is 17.2 Å². The van der Waals surface area contributed by atoms with Gasteiger partial charge >= 0.3 is 0 Å². The molecule has 2 atom stereocenters. The highest BCUT2D eigenvalue weighted by molar-refractivity contribution is 6.01. The zero-order chi connectivity index (χ0) is 21.4. The Kier molecular flexibility index (Phi) is 4.99. The van der Waals surface area contributed by atoms with Gasteiger partial charge in [-0.1, -0.05) is 54.1 Å². The predicted molar refractivity (Wildman–Crippen MR) is 125 cm³/mol. The number of ketones is 1. The molecule has 0 saturated carbocycles. The molecule has 0 amide bonds. The molecule has 0 bridgehead atoms. The van der Waals surface area contributed by atoms with Crippen LogP contribution >= 0.6 is 0 Å². The number of Topliss-reactive ketones (excluding diaryl/α,β-unsaturated/α-hetero) is 1. The Morgan fingerprint density at radius 1 is 0.871 bits per heavy atom. The summed E-state index contributed by atoms with van der Waals surface area (Å²) in [4.78, 5) is 13.6. The quantitative estimate of drug-likeness (QED) is 0.557. The van der Waals surface area contributed by atoms with Crippen molar-refractivity contribution in [3.8, 4) is 5.75 Å². The second kappa shape index (κ2) is 7.95. The molecule has 3 aromatic rings. The number of benzene rings is 3. The van der Waals surface area contributed by atoms with Crippen molar-refractivity contribution in [3.63, 3.8) is 0 Å². The van der Waals surface area contributed by atoms with E-state index in [0.717, 1.165) is 40.4 Å². The molecule has 3 aromatic carbocycles.